The van der Waals surface area contributed by atoms with Gasteiger partial charge < -0.3 is 5.32 Å². The van der Waals surface area contributed by atoms with Crippen molar-refractivity contribution in [2.45, 2.75) is 71.3 Å². The summed E-state index contributed by atoms with van der Waals surface area (Å²) in [6, 6.07) is 16.7. The maximum atomic E-state index is 12.6. The van der Waals surface area contributed by atoms with Gasteiger partial charge in [-0.3, -0.25) is 4.79 Å². The first-order valence-electron chi connectivity index (χ1n) is 10.7. The van der Waals surface area contributed by atoms with Crippen LogP contribution in [0, 0.1) is 24.2 Å². The van der Waals surface area contributed by atoms with E-state index in [4.69, 9.17) is 5.26 Å². The standard InChI is InChI=1S/C26H32N2O/c1-18-15-20(5-8-22(18)17-27)16-19-6-13-24(14-7-19)28-25(29)21-9-11-23(12-10-21)26(2,3)4/h5,8-12,15,19,24H,6-7,13-14,16H2,1-4H3,(H,28,29)/t19-,24+. The number of carbonyl (C=O) groups excluding carboxylic acids is 1. The van der Waals surface area contributed by atoms with Crippen molar-refractivity contribution in [3.63, 3.8) is 0 Å². The lowest BCUT2D eigenvalue weighted by atomic mass is 9.82. The molecule has 0 unspecified atom stereocenters. The minimum atomic E-state index is 0.0385. The Labute approximate surface area is 175 Å². The highest BCUT2D eigenvalue weighted by Crippen LogP contribution is 2.28. The summed E-state index contributed by atoms with van der Waals surface area (Å²) in [5, 5.41) is 12.3. The molecule has 29 heavy (non-hydrogen) atoms. The molecule has 0 saturated heterocycles. The average Bonchev–Trinajstić information content (AvgIpc) is 2.69. The Bertz CT molecular complexity index is 892. The summed E-state index contributed by atoms with van der Waals surface area (Å²) in [7, 11) is 0. The van der Waals surface area contributed by atoms with Crippen molar-refractivity contribution in [2.24, 2.45) is 5.92 Å². The number of amides is 1. The quantitative estimate of drug-likeness (QED) is 0.731. The summed E-state index contributed by atoms with van der Waals surface area (Å²) >= 11 is 0. The fourth-order valence-corrected chi connectivity index (χ4v) is 4.21. The second-order valence-corrected chi connectivity index (χ2v) is 9.48. The molecule has 0 atom stereocenters. The molecule has 152 valence electrons. The maximum absolute atomic E-state index is 12.6. The zero-order valence-electron chi connectivity index (χ0n) is 18.1. The third-order valence-electron chi connectivity index (χ3n) is 6.13. The molecule has 3 rings (SSSR count). The topological polar surface area (TPSA) is 52.9 Å². The molecule has 1 fully saturated rings. The minimum absolute atomic E-state index is 0.0385. The predicted octanol–water partition coefficient (Wildman–Crippen LogP) is 5.70. The fourth-order valence-electron chi connectivity index (χ4n) is 4.21. The summed E-state index contributed by atoms with van der Waals surface area (Å²) in [6.07, 6.45) is 5.39. The van der Waals surface area contributed by atoms with Crippen molar-refractivity contribution in [1.29, 1.82) is 5.26 Å². The van der Waals surface area contributed by atoms with E-state index in [-0.39, 0.29) is 17.4 Å². The van der Waals surface area contributed by atoms with Gasteiger partial charge in [-0.05, 0) is 85.3 Å². The van der Waals surface area contributed by atoms with Crippen LogP contribution in [0.1, 0.15) is 79.1 Å². The molecule has 0 aromatic heterocycles. The molecular weight excluding hydrogens is 356 g/mol. The van der Waals surface area contributed by atoms with Crippen molar-refractivity contribution in [3.8, 4) is 6.07 Å². The highest BCUT2D eigenvalue weighted by atomic mass is 16.1. The van der Waals surface area contributed by atoms with Gasteiger partial charge in [0.2, 0.25) is 0 Å². The number of nitrogens with zero attached hydrogens (tertiary/aromatic N) is 1. The minimum Gasteiger partial charge on any atom is -0.349 e. The first-order chi connectivity index (χ1) is 13.8. The molecule has 0 radical (unpaired) electrons. The highest BCUT2D eigenvalue weighted by molar-refractivity contribution is 5.94. The van der Waals surface area contributed by atoms with Gasteiger partial charge in [0.05, 0.1) is 11.6 Å². The molecule has 2 aromatic carbocycles. The van der Waals surface area contributed by atoms with Gasteiger partial charge in [-0.15, -0.1) is 0 Å². The number of nitrogens with one attached hydrogen (secondary N) is 1. The van der Waals surface area contributed by atoms with Crippen molar-refractivity contribution in [1.82, 2.24) is 5.32 Å². The van der Waals surface area contributed by atoms with Crippen LogP contribution in [0.3, 0.4) is 0 Å². The van der Waals surface area contributed by atoms with E-state index in [0.717, 1.165) is 48.8 Å². The molecule has 1 aliphatic carbocycles. The zero-order chi connectivity index (χ0) is 21.0. The van der Waals surface area contributed by atoms with Crippen LogP contribution < -0.4 is 5.32 Å². The Kier molecular flexibility index (Phi) is 6.42. The number of rotatable bonds is 4. The van der Waals surface area contributed by atoms with E-state index in [9.17, 15) is 4.79 Å². The summed E-state index contributed by atoms with van der Waals surface area (Å²) < 4.78 is 0. The number of aryl methyl sites for hydroxylation is 1. The van der Waals surface area contributed by atoms with Gasteiger partial charge in [0.1, 0.15) is 0 Å². The molecule has 0 aliphatic heterocycles. The lowest BCUT2D eigenvalue weighted by molar-refractivity contribution is 0.0922. The number of nitriles is 1. The van der Waals surface area contributed by atoms with E-state index in [2.05, 4.69) is 56.4 Å². The highest BCUT2D eigenvalue weighted by Gasteiger charge is 2.23. The Hall–Kier alpha value is -2.60. The first-order valence-corrected chi connectivity index (χ1v) is 10.7. The number of carbonyl (C=O) groups is 1. The van der Waals surface area contributed by atoms with E-state index in [1.54, 1.807) is 0 Å². The Balaban J connectivity index is 1.50. The van der Waals surface area contributed by atoms with Crippen LogP contribution in [0.2, 0.25) is 0 Å². The largest absolute Gasteiger partial charge is 0.349 e. The second kappa shape index (κ2) is 8.82. The van der Waals surface area contributed by atoms with Gasteiger partial charge in [0.15, 0.2) is 0 Å². The summed E-state index contributed by atoms with van der Waals surface area (Å²) in [4.78, 5) is 12.6. The van der Waals surface area contributed by atoms with Crippen LogP contribution in [-0.2, 0) is 11.8 Å². The molecule has 0 heterocycles. The van der Waals surface area contributed by atoms with Gasteiger partial charge in [0, 0.05) is 11.6 Å². The van der Waals surface area contributed by atoms with Crippen LogP contribution in [0.4, 0.5) is 0 Å². The van der Waals surface area contributed by atoms with E-state index < -0.39 is 0 Å². The monoisotopic (exact) mass is 388 g/mol. The zero-order valence-corrected chi connectivity index (χ0v) is 18.1. The summed E-state index contributed by atoms with van der Waals surface area (Å²) in [5.74, 6) is 0.693. The molecule has 0 bridgehead atoms. The van der Waals surface area contributed by atoms with E-state index in [0.29, 0.717) is 5.92 Å². The normalized spacial score (nSPS) is 19.4. The lowest BCUT2D eigenvalue weighted by Crippen LogP contribution is -2.37. The molecule has 1 N–H and O–H groups in total. The van der Waals surface area contributed by atoms with Crippen molar-refractivity contribution < 1.29 is 4.79 Å². The van der Waals surface area contributed by atoms with Crippen LogP contribution in [-0.4, -0.2) is 11.9 Å². The fraction of sp³-hybridized carbons (Fsp3) is 0.462. The van der Waals surface area contributed by atoms with Crippen LogP contribution in [0.15, 0.2) is 42.5 Å². The van der Waals surface area contributed by atoms with Gasteiger partial charge >= 0.3 is 0 Å². The summed E-state index contributed by atoms with van der Waals surface area (Å²) in [5.41, 5.74) is 5.22. The molecule has 0 spiro atoms. The lowest BCUT2D eigenvalue weighted by Gasteiger charge is -2.29. The van der Waals surface area contributed by atoms with E-state index in [1.807, 2.05) is 25.1 Å². The van der Waals surface area contributed by atoms with Gasteiger partial charge in [-0.2, -0.15) is 5.26 Å². The van der Waals surface area contributed by atoms with Crippen molar-refractivity contribution >= 4 is 5.91 Å². The van der Waals surface area contributed by atoms with Gasteiger partial charge in [0.25, 0.3) is 5.91 Å². The Morgan fingerprint density at radius 2 is 1.72 bits per heavy atom. The first kappa shape index (κ1) is 21.1. The van der Waals surface area contributed by atoms with Gasteiger partial charge in [-0.25, -0.2) is 0 Å². The van der Waals surface area contributed by atoms with Crippen molar-refractivity contribution in [2.75, 3.05) is 0 Å². The SMILES string of the molecule is Cc1cc(C[C@H]2CC[C@@H](NC(=O)c3ccc(C(C)(C)C)cc3)CC2)ccc1C#N. The van der Waals surface area contributed by atoms with Gasteiger partial charge in [-0.1, -0.05) is 45.0 Å². The third kappa shape index (κ3) is 5.48. The molecule has 3 heteroatoms. The van der Waals surface area contributed by atoms with Crippen LogP contribution in [0.25, 0.3) is 0 Å². The van der Waals surface area contributed by atoms with Crippen molar-refractivity contribution in [3.05, 3.63) is 70.3 Å². The molecular formula is C26H32N2O. The Morgan fingerprint density at radius 1 is 1.07 bits per heavy atom. The van der Waals surface area contributed by atoms with Crippen LogP contribution >= 0.6 is 0 Å². The molecule has 1 aliphatic rings. The molecule has 1 amide bonds. The number of benzene rings is 2. The smallest absolute Gasteiger partial charge is 0.251 e. The molecule has 2 aromatic rings. The maximum Gasteiger partial charge on any atom is 0.251 e. The predicted molar refractivity (Wildman–Crippen MR) is 118 cm³/mol. The van der Waals surface area contributed by atoms with Crippen LogP contribution in [0.5, 0.6) is 0 Å². The summed E-state index contributed by atoms with van der Waals surface area (Å²) in [6.45, 7) is 8.54. The molecule has 3 nitrogen and oxygen atoms in total. The van der Waals surface area contributed by atoms with E-state index in [1.165, 1.54) is 11.1 Å². The number of hydrogen-bond acceptors (Lipinski definition) is 2. The Morgan fingerprint density at radius 3 is 2.28 bits per heavy atom. The average molecular weight is 389 g/mol. The second-order valence-electron chi connectivity index (χ2n) is 9.48. The third-order valence-corrected chi connectivity index (χ3v) is 6.13. The molecule has 1 saturated carbocycles. The van der Waals surface area contributed by atoms with E-state index >= 15 is 0 Å². The number of hydrogen-bond donors (Lipinski definition) is 1.